The van der Waals surface area contributed by atoms with Gasteiger partial charge in [0.25, 0.3) is 5.91 Å². The van der Waals surface area contributed by atoms with Gasteiger partial charge in [-0.05, 0) is 29.8 Å². The van der Waals surface area contributed by atoms with Crippen molar-refractivity contribution in [3.05, 3.63) is 95.5 Å². The van der Waals surface area contributed by atoms with Crippen LogP contribution in [0.15, 0.2) is 84.4 Å². The topological polar surface area (TPSA) is 71.1 Å². The highest BCUT2D eigenvalue weighted by Gasteiger charge is 2.23. The number of nitrogens with one attached hydrogen (secondary N) is 2. The lowest BCUT2D eigenvalue weighted by Gasteiger charge is -2.19. The average Bonchev–Trinajstić information content (AvgIpc) is 3.24. The standard InChI is InChI=1S/C23H19N3O2S/c27-22(17-10-5-2-6-11-17)26-19(14-16-8-3-1-4-9-16)23(28)25-18-12-7-13-20-21(18)24-15-29-20/h1-13,15,19H,14H2,(H,25,28)(H,26,27)/t19-/m1/s1. The second kappa shape index (κ2) is 8.67. The van der Waals surface area contributed by atoms with Gasteiger partial charge in [0.1, 0.15) is 11.6 Å². The summed E-state index contributed by atoms with van der Waals surface area (Å²) >= 11 is 1.52. The van der Waals surface area contributed by atoms with E-state index in [9.17, 15) is 9.59 Å². The van der Waals surface area contributed by atoms with Gasteiger partial charge in [-0.15, -0.1) is 11.3 Å². The highest BCUT2D eigenvalue weighted by molar-refractivity contribution is 7.16. The van der Waals surface area contributed by atoms with Crippen LogP contribution in [-0.2, 0) is 11.2 Å². The molecule has 1 heterocycles. The monoisotopic (exact) mass is 401 g/mol. The fourth-order valence-electron chi connectivity index (χ4n) is 3.10. The minimum Gasteiger partial charge on any atom is -0.340 e. The van der Waals surface area contributed by atoms with Gasteiger partial charge in [0, 0.05) is 12.0 Å². The smallest absolute Gasteiger partial charge is 0.251 e. The number of anilines is 1. The van der Waals surface area contributed by atoms with E-state index in [-0.39, 0.29) is 11.8 Å². The maximum atomic E-state index is 13.1. The number of rotatable bonds is 6. The molecule has 29 heavy (non-hydrogen) atoms. The molecular formula is C23H19N3O2S. The van der Waals surface area contributed by atoms with Gasteiger partial charge < -0.3 is 10.6 Å². The summed E-state index contributed by atoms with van der Waals surface area (Å²) in [6.45, 7) is 0. The second-order valence-electron chi connectivity index (χ2n) is 6.58. The molecule has 0 saturated heterocycles. The molecule has 4 aromatic rings. The van der Waals surface area contributed by atoms with E-state index < -0.39 is 6.04 Å². The Morgan fingerprint density at radius 1 is 0.897 bits per heavy atom. The molecule has 3 aromatic carbocycles. The molecule has 0 unspecified atom stereocenters. The molecule has 0 spiro atoms. The third-order valence-corrected chi connectivity index (χ3v) is 5.35. The van der Waals surface area contributed by atoms with Crippen molar-refractivity contribution in [2.24, 2.45) is 0 Å². The number of thiazole rings is 1. The first-order chi connectivity index (χ1) is 14.2. The van der Waals surface area contributed by atoms with E-state index in [4.69, 9.17) is 0 Å². The van der Waals surface area contributed by atoms with Crippen LogP contribution in [0, 0.1) is 0 Å². The molecule has 2 N–H and O–H groups in total. The summed E-state index contributed by atoms with van der Waals surface area (Å²) in [5, 5.41) is 5.81. The number of para-hydroxylation sites is 1. The quantitative estimate of drug-likeness (QED) is 0.507. The third-order valence-electron chi connectivity index (χ3n) is 4.56. The SMILES string of the molecule is O=C(N[C@H](Cc1ccccc1)C(=O)Nc1cccc2scnc12)c1ccccc1. The Hall–Kier alpha value is -3.51. The number of amides is 2. The number of carbonyl (C=O) groups excluding carboxylic acids is 2. The first-order valence-electron chi connectivity index (χ1n) is 9.23. The largest absolute Gasteiger partial charge is 0.340 e. The summed E-state index contributed by atoms with van der Waals surface area (Å²) in [7, 11) is 0. The molecule has 1 aromatic heterocycles. The van der Waals surface area contributed by atoms with Crippen LogP contribution in [0.1, 0.15) is 15.9 Å². The molecule has 0 aliphatic carbocycles. The Morgan fingerprint density at radius 2 is 1.62 bits per heavy atom. The molecule has 0 fully saturated rings. The maximum Gasteiger partial charge on any atom is 0.251 e. The van der Waals surface area contributed by atoms with Crippen molar-refractivity contribution in [3.8, 4) is 0 Å². The number of hydrogen-bond donors (Lipinski definition) is 2. The third kappa shape index (κ3) is 4.50. The van der Waals surface area contributed by atoms with Crippen molar-refractivity contribution < 1.29 is 9.59 Å². The van der Waals surface area contributed by atoms with E-state index in [1.807, 2.05) is 54.6 Å². The predicted octanol–water partition coefficient (Wildman–Crippen LogP) is 4.28. The van der Waals surface area contributed by atoms with Crippen molar-refractivity contribution in [1.29, 1.82) is 0 Å². The Kier molecular flexibility index (Phi) is 5.63. The lowest BCUT2D eigenvalue weighted by molar-refractivity contribution is -0.118. The van der Waals surface area contributed by atoms with Gasteiger partial charge in [-0.3, -0.25) is 9.59 Å². The summed E-state index contributed by atoms with van der Waals surface area (Å²) in [4.78, 5) is 30.1. The second-order valence-corrected chi connectivity index (χ2v) is 7.46. The van der Waals surface area contributed by atoms with Gasteiger partial charge >= 0.3 is 0 Å². The van der Waals surface area contributed by atoms with Crippen LogP contribution in [0.2, 0.25) is 0 Å². The Labute approximate surface area is 172 Å². The van der Waals surface area contributed by atoms with Crippen molar-refractivity contribution in [3.63, 3.8) is 0 Å². The zero-order valence-electron chi connectivity index (χ0n) is 15.5. The van der Waals surface area contributed by atoms with Crippen molar-refractivity contribution in [2.75, 3.05) is 5.32 Å². The van der Waals surface area contributed by atoms with E-state index in [0.717, 1.165) is 15.8 Å². The van der Waals surface area contributed by atoms with Crippen LogP contribution >= 0.6 is 11.3 Å². The lowest BCUT2D eigenvalue weighted by atomic mass is 10.0. The first-order valence-corrected chi connectivity index (χ1v) is 10.1. The van der Waals surface area contributed by atoms with Gasteiger partial charge in [-0.1, -0.05) is 54.6 Å². The van der Waals surface area contributed by atoms with Gasteiger partial charge in [0.15, 0.2) is 0 Å². The molecular weight excluding hydrogens is 382 g/mol. The molecule has 0 aliphatic heterocycles. The van der Waals surface area contributed by atoms with Crippen LogP contribution < -0.4 is 10.6 Å². The zero-order valence-corrected chi connectivity index (χ0v) is 16.4. The highest BCUT2D eigenvalue weighted by atomic mass is 32.1. The fraction of sp³-hybridized carbons (Fsp3) is 0.0870. The van der Waals surface area contributed by atoms with Crippen LogP contribution in [0.25, 0.3) is 10.2 Å². The number of aromatic nitrogens is 1. The number of nitrogens with zero attached hydrogens (tertiary/aromatic N) is 1. The summed E-state index contributed by atoms with van der Waals surface area (Å²) in [5.41, 5.74) is 4.62. The number of benzene rings is 3. The fourth-order valence-corrected chi connectivity index (χ4v) is 3.80. The van der Waals surface area contributed by atoms with Crippen LogP contribution in [-0.4, -0.2) is 22.8 Å². The van der Waals surface area contributed by atoms with Gasteiger partial charge in [0.2, 0.25) is 5.91 Å². The molecule has 5 nitrogen and oxygen atoms in total. The first kappa shape index (κ1) is 18.8. The average molecular weight is 401 g/mol. The summed E-state index contributed by atoms with van der Waals surface area (Å²) in [5.74, 6) is -0.563. The molecule has 1 atom stereocenters. The van der Waals surface area contributed by atoms with Crippen molar-refractivity contribution in [1.82, 2.24) is 10.3 Å². The van der Waals surface area contributed by atoms with Gasteiger partial charge in [-0.25, -0.2) is 4.98 Å². The number of carbonyl (C=O) groups is 2. The van der Waals surface area contributed by atoms with E-state index >= 15 is 0 Å². The number of hydrogen-bond acceptors (Lipinski definition) is 4. The summed E-state index contributed by atoms with van der Waals surface area (Å²) < 4.78 is 0.996. The van der Waals surface area contributed by atoms with Crippen LogP contribution in [0.4, 0.5) is 5.69 Å². The van der Waals surface area contributed by atoms with E-state index in [2.05, 4.69) is 15.6 Å². The van der Waals surface area contributed by atoms with E-state index in [0.29, 0.717) is 17.7 Å². The van der Waals surface area contributed by atoms with Crippen molar-refractivity contribution >= 4 is 39.1 Å². The molecule has 4 rings (SSSR count). The Morgan fingerprint density at radius 3 is 2.38 bits per heavy atom. The summed E-state index contributed by atoms with van der Waals surface area (Å²) in [6, 6.07) is 23.5. The molecule has 144 valence electrons. The molecule has 0 saturated carbocycles. The van der Waals surface area contributed by atoms with Gasteiger partial charge in [0.05, 0.1) is 15.9 Å². The molecule has 0 aliphatic rings. The van der Waals surface area contributed by atoms with Crippen LogP contribution in [0.5, 0.6) is 0 Å². The molecule has 0 bridgehead atoms. The van der Waals surface area contributed by atoms with E-state index in [1.54, 1.807) is 29.8 Å². The molecule has 6 heteroatoms. The van der Waals surface area contributed by atoms with Crippen molar-refractivity contribution in [2.45, 2.75) is 12.5 Å². The normalized spacial score (nSPS) is 11.7. The van der Waals surface area contributed by atoms with E-state index in [1.165, 1.54) is 11.3 Å². The lowest BCUT2D eigenvalue weighted by Crippen LogP contribution is -2.45. The minimum absolute atomic E-state index is 0.279. The minimum atomic E-state index is -0.723. The summed E-state index contributed by atoms with van der Waals surface area (Å²) in [6.07, 6.45) is 0.387. The van der Waals surface area contributed by atoms with Crippen LogP contribution in [0.3, 0.4) is 0 Å². The maximum absolute atomic E-state index is 13.1. The highest BCUT2D eigenvalue weighted by Crippen LogP contribution is 2.25. The Balaban J connectivity index is 1.57. The zero-order chi connectivity index (χ0) is 20.1. The Bertz CT molecular complexity index is 1130. The predicted molar refractivity (Wildman–Crippen MR) is 116 cm³/mol. The molecule has 2 amide bonds. The number of fused-ring (bicyclic) bond motifs is 1. The molecule has 0 radical (unpaired) electrons. The van der Waals surface area contributed by atoms with Gasteiger partial charge in [-0.2, -0.15) is 0 Å².